The standard InChI is InChI=1S/C14H9ClFN3O2S/c15-7-1-3-8(4-2-7)19-14(21)11-9(6-22-13(11)17)12(18-19)10(20)5-16/h1-4,6H,5,17H2. The summed E-state index contributed by atoms with van der Waals surface area (Å²) in [7, 11) is 0. The van der Waals surface area contributed by atoms with Gasteiger partial charge in [-0.1, -0.05) is 11.6 Å². The van der Waals surface area contributed by atoms with Gasteiger partial charge in [0.2, 0.25) is 5.78 Å². The number of nitrogens with zero attached hydrogens (tertiary/aromatic N) is 2. The number of nitrogen functional groups attached to an aromatic ring is 1. The number of hydrogen-bond acceptors (Lipinski definition) is 5. The molecule has 0 aliphatic heterocycles. The zero-order chi connectivity index (χ0) is 15.9. The molecule has 1 aromatic carbocycles. The van der Waals surface area contributed by atoms with E-state index in [1.165, 1.54) is 5.38 Å². The Hall–Kier alpha value is -2.25. The largest absolute Gasteiger partial charge is 0.390 e. The number of rotatable bonds is 3. The number of ketones is 1. The minimum atomic E-state index is -1.20. The predicted octanol–water partition coefficient (Wildman–Crippen LogP) is 2.84. The highest BCUT2D eigenvalue weighted by molar-refractivity contribution is 7.15. The van der Waals surface area contributed by atoms with Crippen LogP contribution in [0.4, 0.5) is 9.39 Å². The van der Waals surface area contributed by atoms with Gasteiger partial charge >= 0.3 is 0 Å². The molecular formula is C14H9ClFN3O2S. The maximum atomic E-state index is 12.8. The minimum absolute atomic E-state index is 0.111. The molecule has 112 valence electrons. The summed E-state index contributed by atoms with van der Waals surface area (Å²) in [5.41, 5.74) is 5.64. The van der Waals surface area contributed by atoms with Crippen LogP contribution >= 0.6 is 22.9 Å². The van der Waals surface area contributed by atoms with E-state index in [2.05, 4.69) is 5.10 Å². The number of carbonyl (C=O) groups is 1. The van der Waals surface area contributed by atoms with Crippen molar-refractivity contribution in [2.45, 2.75) is 0 Å². The van der Waals surface area contributed by atoms with Gasteiger partial charge in [0.05, 0.1) is 16.1 Å². The molecule has 0 radical (unpaired) electrons. The summed E-state index contributed by atoms with van der Waals surface area (Å²) in [6, 6.07) is 6.33. The van der Waals surface area contributed by atoms with E-state index in [0.717, 1.165) is 16.0 Å². The molecule has 0 aliphatic rings. The average Bonchev–Trinajstić information content (AvgIpc) is 2.91. The lowest BCUT2D eigenvalue weighted by atomic mass is 10.2. The molecule has 0 saturated heterocycles. The monoisotopic (exact) mass is 337 g/mol. The van der Waals surface area contributed by atoms with E-state index in [1.54, 1.807) is 24.3 Å². The van der Waals surface area contributed by atoms with Gasteiger partial charge in [-0.25, -0.2) is 4.39 Å². The van der Waals surface area contributed by atoms with E-state index in [-0.39, 0.29) is 21.5 Å². The van der Waals surface area contributed by atoms with Crippen molar-refractivity contribution < 1.29 is 9.18 Å². The summed E-state index contributed by atoms with van der Waals surface area (Å²) in [5.74, 6) is -0.800. The van der Waals surface area contributed by atoms with Crippen molar-refractivity contribution in [2.75, 3.05) is 12.4 Å². The number of fused-ring (bicyclic) bond motifs is 1. The molecule has 0 bridgehead atoms. The highest BCUT2D eigenvalue weighted by atomic mass is 35.5. The van der Waals surface area contributed by atoms with E-state index in [0.29, 0.717) is 10.7 Å². The SMILES string of the molecule is Nc1scc2c(C(=O)CF)nn(-c3ccc(Cl)cc3)c(=O)c12. The van der Waals surface area contributed by atoms with Crippen LogP contribution in [0.15, 0.2) is 34.4 Å². The summed E-state index contributed by atoms with van der Waals surface area (Å²) >= 11 is 6.93. The number of alkyl halides is 1. The molecule has 2 N–H and O–H groups in total. The topological polar surface area (TPSA) is 78.0 Å². The molecule has 0 atom stereocenters. The third-order valence-corrected chi connectivity index (χ3v) is 4.20. The Balaban J connectivity index is 2.38. The van der Waals surface area contributed by atoms with Crippen LogP contribution in [0.2, 0.25) is 5.02 Å². The molecule has 2 heterocycles. The van der Waals surface area contributed by atoms with Crippen LogP contribution in [-0.2, 0) is 0 Å². The number of carbonyl (C=O) groups excluding carboxylic acids is 1. The second-order valence-corrected chi connectivity index (χ2v) is 5.84. The van der Waals surface area contributed by atoms with Crippen LogP contribution in [-0.4, -0.2) is 22.2 Å². The van der Waals surface area contributed by atoms with Gasteiger partial charge in [0, 0.05) is 15.8 Å². The lowest BCUT2D eigenvalue weighted by Gasteiger charge is -2.08. The lowest BCUT2D eigenvalue weighted by Crippen LogP contribution is -2.24. The Morgan fingerprint density at radius 3 is 2.68 bits per heavy atom. The normalized spacial score (nSPS) is 11.0. The molecule has 0 amide bonds. The summed E-state index contributed by atoms with van der Waals surface area (Å²) in [4.78, 5) is 24.3. The average molecular weight is 338 g/mol. The molecule has 0 aliphatic carbocycles. The molecule has 0 saturated carbocycles. The fourth-order valence-corrected chi connectivity index (χ4v) is 3.01. The van der Waals surface area contributed by atoms with E-state index in [4.69, 9.17) is 17.3 Å². The fraction of sp³-hybridized carbons (Fsp3) is 0.0714. The van der Waals surface area contributed by atoms with Crippen molar-refractivity contribution in [1.82, 2.24) is 9.78 Å². The summed E-state index contributed by atoms with van der Waals surface area (Å²) in [5, 5.41) is 6.75. The van der Waals surface area contributed by atoms with Crippen LogP contribution in [0.3, 0.4) is 0 Å². The zero-order valence-corrected chi connectivity index (χ0v) is 12.6. The summed E-state index contributed by atoms with van der Waals surface area (Å²) in [6.45, 7) is -1.20. The molecule has 3 rings (SSSR count). The van der Waals surface area contributed by atoms with Gasteiger partial charge in [-0.2, -0.15) is 9.78 Å². The van der Waals surface area contributed by atoms with E-state index in [9.17, 15) is 14.0 Å². The Morgan fingerprint density at radius 2 is 2.05 bits per heavy atom. The van der Waals surface area contributed by atoms with Crippen molar-refractivity contribution in [3.63, 3.8) is 0 Å². The first-order valence-corrected chi connectivity index (χ1v) is 7.44. The van der Waals surface area contributed by atoms with Crippen LogP contribution < -0.4 is 11.3 Å². The minimum Gasteiger partial charge on any atom is -0.390 e. The second kappa shape index (κ2) is 5.51. The lowest BCUT2D eigenvalue weighted by molar-refractivity contribution is 0.0954. The van der Waals surface area contributed by atoms with Gasteiger partial charge in [-0.05, 0) is 24.3 Å². The molecule has 0 spiro atoms. The number of nitrogens with two attached hydrogens (primary N) is 1. The van der Waals surface area contributed by atoms with E-state index < -0.39 is 18.0 Å². The van der Waals surface area contributed by atoms with Gasteiger partial charge in [0.15, 0.2) is 6.67 Å². The van der Waals surface area contributed by atoms with Gasteiger partial charge in [-0.3, -0.25) is 9.59 Å². The number of hydrogen-bond donors (Lipinski definition) is 1. The number of benzene rings is 1. The van der Waals surface area contributed by atoms with Crippen molar-refractivity contribution in [3.05, 3.63) is 50.7 Å². The van der Waals surface area contributed by atoms with Gasteiger partial charge in [0.25, 0.3) is 5.56 Å². The van der Waals surface area contributed by atoms with E-state index in [1.807, 2.05) is 0 Å². The number of halogens is 2. The maximum absolute atomic E-state index is 12.8. The molecular weight excluding hydrogens is 329 g/mol. The number of Topliss-reactive ketones (excluding diaryl/α,β-unsaturated/α-hetero) is 1. The summed E-state index contributed by atoms with van der Waals surface area (Å²) in [6.07, 6.45) is 0. The van der Waals surface area contributed by atoms with Crippen LogP contribution in [0.5, 0.6) is 0 Å². The van der Waals surface area contributed by atoms with Crippen molar-refractivity contribution >= 4 is 44.5 Å². The van der Waals surface area contributed by atoms with Crippen molar-refractivity contribution in [2.24, 2.45) is 0 Å². The highest BCUT2D eigenvalue weighted by Gasteiger charge is 2.20. The van der Waals surface area contributed by atoms with Crippen LogP contribution in [0.1, 0.15) is 10.5 Å². The number of thiophene rings is 1. The number of aromatic nitrogens is 2. The molecule has 8 heteroatoms. The molecule has 0 fully saturated rings. The molecule has 0 unspecified atom stereocenters. The van der Waals surface area contributed by atoms with Gasteiger partial charge in [0.1, 0.15) is 5.69 Å². The Bertz CT molecular complexity index is 934. The molecule has 5 nitrogen and oxygen atoms in total. The third kappa shape index (κ3) is 2.28. The van der Waals surface area contributed by atoms with Gasteiger partial charge < -0.3 is 5.73 Å². The van der Waals surface area contributed by atoms with Crippen molar-refractivity contribution in [1.29, 1.82) is 0 Å². The highest BCUT2D eigenvalue weighted by Crippen LogP contribution is 2.27. The van der Waals surface area contributed by atoms with Crippen LogP contribution in [0, 0.1) is 0 Å². The fourth-order valence-electron chi connectivity index (χ4n) is 2.10. The zero-order valence-electron chi connectivity index (χ0n) is 11.0. The first kappa shape index (κ1) is 14.7. The predicted molar refractivity (Wildman–Crippen MR) is 84.9 cm³/mol. The third-order valence-electron chi connectivity index (χ3n) is 3.14. The molecule has 2 aromatic heterocycles. The Morgan fingerprint density at radius 1 is 1.36 bits per heavy atom. The van der Waals surface area contributed by atoms with Crippen molar-refractivity contribution in [3.8, 4) is 5.69 Å². The Labute approximate surface area is 132 Å². The first-order chi connectivity index (χ1) is 10.5. The molecule has 22 heavy (non-hydrogen) atoms. The molecule has 3 aromatic rings. The van der Waals surface area contributed by atoms with Gasteiger partial charge in [-0.15, -0.1) is 11.3 Å². The first-order valence-electron chi connectivity index (χ1n) is 6.18. The quantitative estimate of drug-likeness (QED) is 0.745. The smallest absolute Gasteiger partial charge is 0.282 e. The second-order valence-electron chi connectivity index (χ2n) is 4.49. The van der Waals surface area contributed by atoms with Crippen LogP contribution in [0.25, 0.3) is 16.5 Å². The van der Waals surface area contributed by atoms with E-state index >= 15 is 0 Å². The maximum Gasteiger partial charge on any atom is 0.282 e. The number of anilines is 1. The Kier molecular flexibility index (Phi) is 3.67. The summed E-state index contributed by atoms with van der Waals surface area (Å²) < 4.78 is 13.8.